The average Bonchev–Trinajstić information content (AvgIpc) is 3.20. The van der Waals surface area contributed by atoms with Crippen molar-refractivity contribution in [3.8, 4) is 0 Å². The van der Waals surface area contributed by atoms with Crippen molar-refractivity contribution in [2.24, 2.45) is 0 Å². The SMILES string of the molecule is Cc1cc2c(cc1N1CC[C@H](NS(=O)(=O)c3ccc4cc(Cl)ccc4c3)C1=O)CCN(C(=O)OC(C)(C)C)C2. The first kappa shape index (κ1) is 27.4. The summed E-state index contributed by atoms with van der Waals surface area (Å²) in [6.45, 7) is 8.84. The number of halogens is 1. The number of carbonyl (C=O) groups is 2. The van der Waals surface area contributed by atoms with E-state index in [1.165, 1.54) is 6.07 Å². The zero-order valence-corrected chi connectivity index (χ0v) is 24.0. The van der Waals surface area contributed by atoms with Gasteiger partial charge < -0.3 is 14.5 Å². The molecule has 1 atom stereocenters. The Morgan fingerprint density at radius 2 is 1.74 bits per heavy atom. The van der Waals surface area contributed by atoms with Crippen LogP contribution in [0.25, 0.3) is 10.8 Å². The van der Waals surface area contributed by atoms with E-state index < -0.39 is 21.7 Å². The van der Waals surface area contributed by atoms with Gasteiger partial charge in [-0.25, -0.2) is 13.2 Å². The van der Waals surface area contributed by atoms with Crippen LogP contribution in [0.1, 0.15) is 43.9 Å². The van der Waals surface area contributed by atoms with E-state index in [0.29, 0.717) is 37.5 Å². The van der Waals surface area contributed by atoms with Crippen LogP contribution in [0.2, 0.25) is 5.02 Å². The molecule has 3 aromatic carbocycles. The van der Waals surface area contributed by atoms with Crippen molar-refractivity contribution in [1.82, 2.24) is 9.62 Å². The molecule has 0 aromatic heterocycles. The number of carbonyl (C=O) groups excluding carboxylic acids is 2. The highest BCUT2D eigenvalue weighted by atomic mass is 35.5. The zero-order chi connectivity index (χ0) is 28.1. The molecule has 0 radical (unpaired) electrons. The van der Waals surface area contributed by atoms with E-state index in [4.69, 9.17) is 16.3 Å². The number of nitrogens with one attached hydrogen (secondary N) is 1. The van der Waals surface area contributed by atoms with Crippen LogP contribution in [0, 0.1) is 6.92 Å². The molecule has 8 nitrogen and oxygen atoms in total. The van der Waals surface area contributed by atoms with Crippen LogP contribution in [0.4, 0.5) is 10.5 Å². The van der Waals surface area contributed by atoms with Gasteiger partial charge in [0, 0.05) is 30.3 Å². The summed E-state index contributed by atoms with van der Waals surface area (Å²) in [7, 11) is -3.92. The minimum absolute atomic E-state index is 0.100. The number of sulfonamides is 1. The Morgan fingerprint density at radius 3 is 2.49 bits per heavy atom. The van der Waals surface area contributed by atoms with Crippen LogP contribution in [0.15, 0.2) is 53.4 Å². The number of hydrogen-bond donors (Lipinski definition) is 1. The Morgan fingerprint density at radius 1 is 1.03 bits per heavy atom. The van der Waals surface area contributed by atoms with Gasteiger partial charge in [-0.15, -0.1) is 0 Å². The standard InChI is InChI=1S/C29H32ClN3O5S/c1-18-13-22-17-32(28(35)38-29(2,3)4)11-9-21(22)16-26(18)33-12-10-25(27(33)34)31-39(36,37)24-8-6-19-14-23(30)7-5-20(19)15-24/h5-8,13-16,25,31H,9-12,17H2,1-4H3/t25-/m0/s1. The molecule has 1 saturated heterocycles. The lowest BCUT2D eigenvalue weighted by molar-refractivity contribution is -0.118. The highest BCUT2D eigenvalue weighted by Gasteiger charge is 2.37. The minimum Gasteiger partial charge on any atom is -0.444 e. The van der Waals surface area contributed by atoms with Crippen molar-refractivity contribution in [2.45, 2.75) is 63.6 Å². The number of aryl methyl sites for hydroxylation is 1. The molecule has 0 spiro atoms. The third-order valence-corrected chi connectivity index (χ3v) is 8.76. The molecule has 39 heavy (non-hydrogen) atoms. The molecule has 0 saturated carbocycles. The molecule has 2 aliphatic rings. The summed E-state index contributed by atoms with van der Waals surface area (Å²) in [6, 6.07) is 13.2. The second-order valence-electron chi connectivity index (χ2n) is 11.2. The first-order chi connectivity index (χ1) is 18.3. The highest BCUT2D eigenvalue weighted by molar-refractivity contribution is 7.89. The fourth-order valence-electron chi connectivity index (χ4n) is 5.14. The molecule has 0 aliphatic carbocycles. The summed E-state index contributed by atoms with van der Waals surface area (Å²) < 4.78 is 34.5. The van der Waals surface area contributed by atoms with Crippen LogP contribution in [-0.4, -0.2) is 50.1 Å². The molecule has 1 fully saturated rings. The van der Waals surface area contributed by atoms with Crippen molar-refractivity contribution < 1.29 is 22.7 Å². The third kappa shape index (κ3) is 5.76. The molecule has 0 bridgehead atoms. The average molecular weight is 570 g/mol. The molecule has 0 unspecified atom stereocenters. The molecule has 2 amide bonds. The van der Waals surface area contributed by atoms with Crippen LogP contribution >= 0.6 is 11.6 Å². The van der Waals surface area contributed by atoms with Crippen molar-refractivity contribution in [1.29, 1.82) is 0 Å². The van der Waals surface area contributed by atoms with Gasteiger partial charge >= 0.3 is 6.09 Å². The zero-order valence-electron chi connectivity index (χ0n) is 22.5. The topological polar surface area (TPSA) is 96.0 Å². The fraction of sp³-hybridized carbons (Fsp3) is 0.379. The van der Waals surface area contributed by atoms with E-state index >= 15 is 0 Å². The van der Waals surface area contributed by atoms with Crippen LogP contribution in [-0.2, 0) is 32.5 Å². The molecule has 2 heterocycles. The van der Waals surface area contributed by atoms with E-state index in [9.17, 15) is 18.0 Å². The summed E-state index contributed by atoms with van der Waals surface area (Å²) in [5.74, 6) is -0.277. The number of nitrogens with zero attached hydrogens (tertiary/aromatic N) is 2. The normalized spacial score (nSPS) is 18.0. The Bertz CT molecular complexity index is 1580. The maximum absolute atomic E-state index is 13.4. The molecule has 2 aliphatic heterocycles. The number of rotatable bonds is 4. The minimum atomic E-state index is -3.92. The summed E-state index contributed by atoms with van der Waals surface area (Å²) in [5.41, 5.74) is 3.20. The summed E-state index contributed by atoms with van der Waals surface area (Å²) >= 11 is 6.04. The van der Waals surface area contributed by atoms with Gasteiger partial charge in [-0.2, -0.15) is 4.72 Å². The van der Waals surface area contributed by atoms with Gasteiger partial charge in [-0.05, 0) is 98.3 Å². The van der Waals surface area contributed by atoms with E-state index in [-0.39, 0.29) is 16.9 Å². The lowest BCUT2D eigenvalue weighted by atomic mass is 9.96. The first-order valence-electron chi connectivity index (χ1n) is 12.9. The van der Waals surface area contributed by atoms with Crippen LogP contribution in [0.5, 0.6) is 0 Å². The second kappa shape index (κ2) is 10.1. The van der Waals surface area contributed by atoms with Crippen molar-refractivity contribution >= 4 is 50.1 Å². The quantitative estimate of drug-likeness (QED) is 0.467. The molecule has 10 heteroatoms. The highest BCUT2D eigenvalue weighted by Crippen LogP contribution is 2.32. The summed E-state index contributed by atoms with van der Waals surface area (Å²) in [4.78, 5) is 29.4. The number of amides is 2. The molecule has 5 rings (SSSR count). The first-order valence-corrected chi connectivity index (χ1v) is 14.8. The van der Waals surface area contributed by atoms with Crippen molar-refractivity contribution in [2.75, 3.05) is 18.0 Å². The number of fused-ring (bicyclic) bond motifs is 2. The summed E-state index contributed by atoms with van der Waals surface area (Å²) in [6.07, 6.45) is 0.673. The predicted molar refractivity (Wildman–Crippen MR) is 152 cm³/mol. The number of hydrogen-bond acceptors (Lipinski definition) is 5. The lowest BCUT2D eigenvalue weighted by Crippen LogP contribution is -2.42. The van der Waals surface area contributed by atoms with Crippen molar-refractivity contribution in [3.05, 3.63) is 70.2 Å². The third-order valence-electron chi connectivity index (χ3n) is 7.06. The smallest absolute Gasteiger partial charge is 0.410 e. The van der Waals surface area contributed by atoms with Crippen LogP contribution in [0.3, 0.4) is 0 Å². The van der Waals surface area contributed by atoms with Gasteiger partial charge in [0.05, 0.1) is 4.90 Å². The van der Waals surface area contributed by atoms with Gasteiger partial charge in [-0.3, -0.25) is 4.79 Å². The van der Waals surface area contributed by atoms with Gasteiger partial charge in [0.15, 0.2) is 0 Å². The fourth-order valence-corrected chi connectivity index (χ4v) is 6.58. The number of anilines is 1. The maximum Gasteiger partial charge on any atom is 0.410 e. The van der Waals surface area contributed by atoms with Gasteiger partial charge in [0.2, 0.25) is 15.9 Å². The number of ether oxygens (including phenoxy) is 1. The maximum atomic E-state index is 13.4. The summed E-state index contributed by atoms with van der Waals surface area (Å²) in [5, 5.41) is 2.16. The van der Waals surface area contributed by atoms with Gasteiger partial charge in [-0.1, -0.05) is 29.8 Å². The Hall–Kier alpha value is -3.14. The van der Waals surface area contributed by atoms with E-state index in [1.54, 1.807) is 40.1 Å². The van der Waals surface area contributed by atoms with Gasteiger partial charge in [0.25, 0.3) is 0 Å². The van der Waals surface area contributed by atoms with E-state index in [2.05, 4.69) is 4.72 Å². The largest absolute Gasteiger partial charge is 0.444 e. The lowest BCUT2D eigenvalue weighted by Gasteiger charge is -2.32. The van der Waals surface area contributed by atoms with Crippen LogP contribution < -0.4 is 9.62 Å². The second-order valence-corrected chi connectivity index (χ2v) is 13.3. The van der Waals surface area contributed by atoms with Gasteiger partial charge in [0.1, 0.15) is 11.6 Å². The molecule has 206 valence electrons. The predicted octanol–water partition coefficient (Wildman–Crippen LogP) is 5.18. The Labute approximate surface area is 233 Å². The Balaban J connectivity index is 1.31. The molecule has 3 aromatic rings. The van der Waals surface area contributed by atoms with E-state index in [1.807, 2.05) is 39.8 Å². The molecule has 1 N–H and O–H groups in total. The molecular weight excluding hydrogens is 538 g/mol. The monoisotopic (exact) mass is 569 g/mol. The number of benzene rings is 3. The molecular formula is C29H32ClN3O5S. The van der Waals surface area contributed by atoms with E-state index in [0.717, 1.165) is 33.2 Å². The van der Waals surface area contributed by atoms with Crippen molar-refractivity contribution in [3.63, 3.8) is 0 Å². The Kier molecular flexibility index (Phi) is 7.11.